The number of anilines is 1. The molecule has 0 heterocycles. The van der Waals surface area contributed by atoms with Crippen LogP contribution >= 0.6 is 58.0 Å². The standard InChI is InChI=1S/C24H23Cl5N2O4/c1-35-22(34)23(6-2-3-7-23)31-20(32)16-11-15(4-5-17(16)27)30-21(33)19-18(24(19,28)29)12-8-13(25)10-14(26)9-12/h4-5,8-11,18-19,22,34H,2-3,6-7H2,1H3,(H,30,33)(H,31,32). The lowest BCUT2D eigenvalue weighted by atomic mass is 9.96. The third-order valence-electron chi connectivity index (χ3n) is 6.61. The van der Waals surface area contributed by atoms with E-state index < -0.39 is 39.8 Å². The molecule has 0 spiro atoms. The molecule has 2 aromatic carbocycles. The first-order valence-electron chi connectivity index (χ1n) is 11.0. The fourth-order valence-corrected chi connectivity index (χ4v) is 6.35. The second-order valence-corrected chi connectivity index (χ2v) is 11.6. The average Bonchev–Trinajstić information content (AvgIpc) is 3.11. The number of nitrogens with one attached hydrogen (secondary N) is 2. The van der Waals surface area contributed by atoms with Crippen LogP contribution in [0.1, 0.15) is 47.5 Å². The SMILES string of the molecule is COC(O)C1(NC(=O)c2cc(NC(=O)C3C(c4cc(Cl)cc(Cl)c4)C3(Cl)Cl)ccc2Cl)CCCC1. The third kappa shape index (κ3) is 5.40. The van der Waals surface area contributed by atoms with Gasteiger partial charge >= 0.3 is 0 Å². The maximum absolute atomic E-state index is 13.1. The van der Waals surface area contributed by atoms with Gasteiger partial charge in [-0.05, 0) is 54.8 Å². The van der Waals surface area contributed by atoms with Gasteiger partial charge < -0.3 is 20.5 Å². The molecule has 11 heteroatoms. The minimum absolute atomic E-state index is 0.149. The minimum Gasteiger partial charge on any atom is -0.366 e. The Balaban J connectivity index is 1.51. The van der Waals surface area contributed by atoms with E-state index in [1.54, 1.807) is 24.3 Å². The van der Waals surface area contributed by atoms with Crippen molar-refractivity contribution in [3.8, 4) is 0 Å². The highest BCUT2D eigenvalue weighted by atomic mass is 35.5. The lowest BCUT2D eigenvalue weighted by Crippen LogP contribution is -2.55. The maximum atomic E-state index is 13.1. The molecule has 0 bridgehead atoms. The van der Waals surface area contributed by atoms with Crippen molar-refractivity contribution in [1.82, 2.24) is 5.32 Å². The molecule has 3 N–H and O–H groups in total. The zero-order chi connectivity index (χ0) is 25.5. The molecule has 2 aliphatic rings. The first-order chi connectivity index (χ1) is 16.5. The molecule has 0 radical (unpaired) electrons. The number of rotatable bonds is 7. The second-order valence-electron chi connectivity index (χ2n) is 8.92. The van der Waals surface area contributed by atoms with Gasteiger partial charge in [-0.3, -0.25) is 9.59 Å². The first kappa shape index (κ1) is 26.8. The Morgan fingerprint density at radius 1 is 1.06 bits per heavy atom. The summed E-state index contributed by atoms with van der Waals surface area (Å²) in [5.41, 5.74) is 0.250. The van der Waals surface area contributed by atoms with Gasteiger partial charge in [0.15, 0.2) is 6.29 Å². The summed E-state index contributed by atoms with van der Waals surface area (Å²) >= 11 is 31.3. The van der Waals surface area contributed by atoms with Crippen LogP contribution in [0, 0.1) is 5.92 Å². The van der Waals surface area contributed by atoms with E-state index in [0.717, 1.165) is 12.8 Å². The molecule has 6 nitrogen and oxygen atoms in total. The summed E-state index contributed by atoms with van der Waals surface area (Å²) in [6.45, 7) is 0. The van der Waals surface area contributed by atoms with E-state index >= 15 is 0 Å². The number of alkyl halides is 2. The molecule has 2 saturated carbocycles. The normalized spacial score (nSPS) is 22.9. The molecule has 4 rings (SSSR count). The summed E-state index contributed by atoms with van der Waals surface area (Å²) in [6.07, 6.45) is 1.70. The van der Waals surface area contributed by atoms with E-state index in [9.17, 15) is 14.7 Å². The highest BCUT2D eigenvalue weighted by molar-refractivity contribution is 6.53. The lowest BCUT2D eigenvalue weighted by Gasteiger charge is -2.34. The predicted octanol–water partition coefficient (Wildman–Crippen LogP) is 6.18. The number of methoxy groups -OCH3 is 1. The quantitative estimate of drug-likeness (QED) is 0.270. The number of amides is 2. The van der Waals surface area contributed by atoms with Gasteiger partial charge in [0.05, 0.1) is 22.0 Å². The largest absolute Gasteiger partial charge is 0.366 e. The Kier molecular flexibility index (Phi) is 7.85. The van der Waals surface area contributed by atoms with Gasteiger partial charge in [0.2, 0.25) is 5.91 Å². The van der Waals surface area contributed by atoms with Crippen LogP contribution in [-0.2, 0) is 9.53 Å². The number of carbonyl (C=O) groups excluding carboxylic acids is 2. The third-order valence-corrected chi connectivity index (χ3v) is 8.32. The monoisotopic (exact) mass is 578 g/mol. The summed E-state index contributed by atoms with van der Waals surface area (Å²) in [5.74, 6) is -2.17. The average molecular weight is 581 g/mol. The molecule has 188 valence electrons. The number of hydrogen-bond donors (Lipinski definition) is 3. The highest BCUT2D eigenvalue weighted by Gasteiger charge is 2.67. The van der Waals surface area contributed by atoms with Crippen LogP contribution in [0.4, 0.5) is 5.69 Å². The van der Waals surface area contributed by atoms with Gasteiger partial charge in [0.1, 0.15) is 4.33 Å². The van der Waals surface area contributed by atoms with E-state index in [1.807, 2.05) is 0 Å². The van der Waals surface area contributed by atoms with Crippen LogP contribution in [0.25, 0.3) is 0 Å². The van der Waals surface area contributed by atoms with Crippen LogP contribution in [0.3, 0.4) is 0 Å². The molecule has 0 saturated heterocycles. The van der Waals surface area contributed by atoms with Gasteiger partial charge in [0, 0.05) is 28.8 Å². The predicted molar refractivity (Wildman–Crippen MR) is 139 cm³/mol. The molecule has 0 aliphatic heterocycles. The number of aliphatic hydroxyl groups excluding tert-OH is 1. The van der Waals surface area contributed by atoms with Gasteiger partial charge in [-0.15, -0.1) is 23.2 Å². The van der Waals surface area contributed by atoms with Gasteiger partial charge in [-0.25, -0.2) is 0 Å². The summed E-state index contributed by atoms with van der Waals surface area (Å²) in [6, 6.07) is 9.47. The van der Waals surface area contributed by atoms with Crippen molar-refractivity contribution >= 4 is 75.5 Å². The fraction of sp³-hybridized carbons (Fsp3) is 0.417. The van der Waals surface area contributed by atoms with Crippen LogP contribution < -0.4 is 10.6 Å². The summed E-state index contributed by atoms with van der Waals surface area (Å²) in [5, 5.41) is 17.0. The summed E-state index contributed by atoms with van der Waals surface area (Å²) < 4.78 is 3.77. The van der Waals surface area contributed by atoms with Gasteiger partial charge in [-0.2, -0.15) is 0 Å². The maximum Gasteiger partial charge on any atom is 0.253 e. The Morgan fingerprint density at radius 2 is 1.69 bits per heavy atom. The van der Waals surface area contributed by atoms with E-state index in [-0.39, 0.29) is 10.6 Å². The van der Waals surface area contributed by atoms with Crippen molar-refractivity contribution < 1.29 is 19.4 Å². The number of halogens is 5. The second kappa shape index (κ2) is 10.3. The molecular weight excluding hydrogens is 558 g/mol. The molecule has 0 aromatic heterocycles. The number of benzene rings is 2. The number of ether oxygens (including phenoxy) is 1. The summed E-state index contributed by atoms with van der Waals surface area (Å²) in [4.78, 5) is 26.1. The van der Waals surface area contributed by atoms with Crippen LogP contribution in [0.15, 0.2) is 36.4 Å². The Morgan fingerprint density at radius 3 is 2.29 bits per heavy atom. The molecular formula is C24H23Cl5N2O4. The zero-order valence-electron chi connectivity index (χ0n) is 18.6. The highest BCUT2D eigenvalue weighted by Crippen LogP contribution is 2.65. The molecule has 3 unspecified atom stereocenters. The molecule has 2 aromatic rings. The number of carbonyl (C=O) groups is 2. The number of hydrogen-bond acceptors (Lipinski definition) is 4. The molecule has 35 heavy (non-hydrogen) atoms. The zero-order valence-corrected chi connectivity index (χ0v) is 22.4. The van der Waals surface area contributed by atoms with Crippen LogP contribution in [-0.4, -0.2) is 40.2 Å². The molecule has 2 aliphatic carbocycles. The van der Waals surface area contributed by atoms with Crippen molar-refractivity contribution in [2.24, 2.45) is 5.92 Å². The van der Waals surface area contributed by atoms with Gasteiger partial charge in [0.25, 0.3) is 5.91 Å². The molecule has 3 atom stereocenters. The lowest BCUT2D eigenvalue weighted by molar-refractivity contribution is -0.129. The summed E-state index contributed by atoms with van der Waals surface area (Å²) in [7, 11) is 1.39. The van der Waals surface area contributed by atoms with Crippen molar-refractivity contribution in [3.05, 3.63) is 62.6 Å². The fourth-order valence-electron chi connectivity index (χ4n) is 4.78. The Hall–Kier alpha value is -1.25. The molecule has 2 amide bonds. The van der Waals surface area contributed by atoms with E-state index in [1.165, 1.54) is 19.2 Å². The van der Waals surface area contributed by atoms with Gasteiger partial charge in [-0.1, -0.05) is 47.6 Å². The topological polar surface area (TPSA) is 87.7 Å². The van der Waals surface area contributed by atoms with Crippen molar-refractivity contribution in [3.63, 3.8) is 0 Å². The van der Waals surface area contributed by atoms with Crippen molar-refractivity contribution in [1.29, 1.82) is 0 Å². The molecule has 2 fully saturated rings. The van der Waals surface area contributed by atoms with E-state index in [4.69, 9.17) is 62.7 Å². The van der Waals surface area contributed by atoms with Crippen molar-refractivity contribution in [2.45, 2.75) is 47.8 Å². The van der Waals surface area contributed by atoms with Crippen LogP contribution in [0.5, 0.6) is 0 Å². The van der Waals surface area contributed by atoms with E-state index in [0.29, 0.717) is 34.1 Å². The Labute approximate surface area is 228 Å². The van der Waals surface area contributed by atoms with E-state index in [2.05, 4.69) is 10.6 Å². The smallest absolute Gasteiger partial charge is 0.253 e. The Bertz CT molecular complexity index is 1130. The van der Waals surface area contributed by atoms with Crippen LogP contribution in [0.2, 0.25) is 15.1 Å². The minimum atomic E-state index is -1.34. The van der Waals surface area contributed by atoms with Crippen molar-refractivity contribution in [2.75, 3.05) is 12.4 Å². The first-order valence-corrected chi connectivity index (χ1v) is 12.8. The number of aliphatic hydroxyl groups is 1.